The van der Waals surface area contributed by atoms with Gasteiger partial charge < -0.3 is 9.64 Å². The van der Waals surface area contributed by atoms with E-state index >= 15 is 0 Å². The first-order chi connectivity index (χ1) is 12.3. The molecule has 5 heteroatoms. The fourth-order valence-corrected chi connectivity index (χ4v) is 2.91. The van der Waals surface area contributed by atoms with Crippen molar-refractivity contribution in [2.24, 2.45) is 5.92 Å². The highest BCUT2D eigenvalue weighted by molar-refractivity contribution is 6.31. The van der Waals surface area contributed by atoms with E-state index in [-0.39, 0.29) is 18.4 Å². The molecule has 0 N–H and O–H groups in total. The van der Waals surface area contributed by atoms with E-state index in [9.17, 15) is 9.59 Å². The number of hydrogen-bond donors (Lipinski definition) is 0. The van der Waals surface area contributed by atoms with Crippen LogP contribution in [-0.2, 0) is 16.1 Å². The molecule has 1 amide bonds. The molecule has 0 bridgehead atoms. The van der Waals surface area contributed by atoms with Crippen LogP contribution < -0.4 is 0 Å². The molecule has 1 unspecified atom stereocenters. The van der Waals surface area contributed by atoms with Gasteiger partial charge in [-0.25, -0.2) is 0 Å². The van der Waals surface area contributed by atoms with E-state index in [0.717, 1.165) is 16.7 Å². The maximum absolute atomic E-state index is 13.1. The number of benzene rings is 2. The van der Waals surface area contributed by atoms with Crippen LogP contribution >= 0.6 is 11.6 Å². The van der Waals surface area contributed by atoms with Crippen LogP contribution in [-0.4, -0.2) is 30.4 Å². The van der Waals surface area contributed by atoms with Crippen LogP contribution in [0.25, 0.3) is 0 Å². The molecule has 2 rings (SSSR count). The highest BCUT2D eigenvalue weighted by Crippen LogP contribution is 2.20. The predicted molar refractivity (Wildman–Crippen MR) is 103 cm³/mol. The fraction of sp³-hybridized carbons (Fsp3) is 0.333. The molecule has 0 heterocycles. The molecule has 0 fully saturated rings. The van der Waals surface area contributed by atoms with Crippen molar-refractivity contribution in [3.05, 3.63) is 69.7 Å². The van der Waals surface area contributed by atoms with Crippen LogP contribution in [0.15, 0.2) is 42.5 Å². The van der Waals surface area contributed by atoms with Gasteiger partial charge >= 0.3 is 5.97 Å². The quantitative estimate of drug-likeness (QED) is 0.704. The number of hydrogen-bond acceptors (Lipinski definition) is 3. The maximum Gasteiger partial charge on any atom is 0.310 e. The summed E-state index contributed by atoms with van der Waals surface area (Å²) in [5.74, 6) is -0.913. The molecule has 0 radical (unpaired) electrons. The molecule has 0 spiro atoms. The smallest absolute Gasteiger partial charge is 0.310 e. The minimum atomic E-state index is -0.432. The third-order valence-corrected chi connectivity index (χ3v) is 4.83. The van der Waals surface area contributed by atoms with E-state index in [1.54, 1.807) is 17.9 Å². The van der Waals surface area contributed by atoms with Crippen molar-refractivity contribution >= 4 is 23.5 Å². The summed E-state index contributed by atoms with van der Waals surface area (Å²) in [6.07, 6.45) is 0. The molecule has 0 aliphatic rings. The minimum Gasteiger partial charge on any atom is -0.469 e. The number of amides is 1. The van der Waals surface area contributed by atoms with Crippen LogP contribution in [0.2, 0.25) is 5.02 Å². The molecule has 0 saturated carbocycles. The Kier molecular flexibility index (Phi) is 6.81. The zero-order chi connectivity index (χ0) is 19.3. The standard InChI is InChI=1S/C21H24ClNO3/c1-14-9-10-17(11-15(14)2)20(24)23(12-16(3)21(25)26-4)13-18-7-5-6-8-19(18)22/h5-11,16H,12-13H2,1-4H3. The number of carbonyl (C=O) groups is 2. The summed E-state index contributed by atoms with van der Waals surface area (Å²) in [6, 6.07) is 13.0. The van der Waals surface area contributed by atoms with Crippen molar-refractivity contribution in [3.8, 4) is 0 Å². The summed E-state index contributed by atoms with van der Waals surface area (Å²) in [5, 5.41) is 0.594. The predicted octanol–water partition coefficient (Wildman–Crippen LogP) is 4.41. The third kappa shape index (κ3) is 4.85. The fourth-order valence-electron chi connectivity index (χ4n) is 2.71. The summed E-state index contributed by atoms with van der Waals surface area (Å²) in [7, 11) is 1.35. The van der Waals surface area contributed by atoms with Crippen molar-refractivity contribution in [1.29, 1.82) is 0 Å². The van der Waals surface area contributed by atoms with Crippen molar-refractivity contribution in [3.63, 3.8) is 0 Å². The molecule has 0 aliphatic carbocycles. The number of methoxy groups -OCH3 is 1. The first-order valence-electron chi connectivity index (χ1n) is 8.51. The highest BCUT2D eigenvalue weighted by Gasteiger charge is 2.23. The number of nitrogens with zero attached hydrogens (tertiary/aromatic N) is 1. The second kappa shape index (κ2) is 8.86. The van der Waals surface area contributed by atoms with E-state index in [1.807, 2.05) is 50.2 Å². The molecule has 2 aromatic rings. The Balaban J connectivity index is 2.32. The third-order valence-electron chi connectivity index (χ3n) is 4.46. The number of carbonyl (C=O) groups excluding carboxylic acids is 2. The Bertz CT molecular complexity index is 804. The van der Waals surface area contributed by atoms with E-state index in [0.29, 0.717) is 17.1 Å². The minimum absolute atomic E-state index is 0.135. The number of esters is 1. The van der Waals surface area contributed by atoms with Gasteiger partial charge in [0, 0.05) is 23.7 Å². The second-order valence-electron chi connectivity index (χ2n) is 6.50. The molecule has 2 aromatic carbocycles. The van der Waals surface area contributed by atoms with Gasteiger partial charge in [-0.2, -0.15) is 0 Å². The molecule has 0 saturated heterocycles. The van der Waals surface area contributed by atoms with Crippen molar-refractivity contribution in [2.75, 3.05) is 13.7 Å². The second-order valence-corrected chi connectivity index (χ2v) is 6.91. The summed E-state index contributed by atoms with van der Waals surface area (Å²) in [5.41, 5.74) is 3.61. The Morgan fingerprint density at radius 2 is 1.81 bits per heavy atom. The largest absolute Gasteiger partial charge is 0.469 e. The summed E-state index contributed by atoms with van der Waals surface area (Å²) >= 11 is 6.26. The zero-order valence-corrected chi connectivity index (χ0v) is 16.3. The van der Waals surface area contributed by atoms with Gasteiger partial charge in [-0.1, -0.05) is 42.8 Å². The van der Waals surface area contributed by atoms with Crippen molar-refractivity contribution in [2.45, 2.75) is 27.3 Å². The SMILES string of the molecule is COC(=O)C(C)CN(Cc1ccccc1Cl)C(=O)c1ccc(C)c(C)c1. The average Bonchev–Trinajstić information content (AvgIpc) is 2.63. The Labute approximate surface area is 159 Å². The molecular weight excluding hydrogens is 350 g/mol. The molecular formula is C21H24ClNO3. The lowest BCUT2D eigenvalue weighted by molar-refractivity contribution is -0.145. The maximum atomic E-state index is 13.1. The number of ether oxygens (including phenoxy) is 1. The van der Waals surface area contributed by atoms with E-state index in [1.165, 1.54) is 7.11 Å². The monoisotopic (exact) mass is 373 g/mol. The van der Waals surface area contributed by atoms with Crippen LogP contribution in [0, 0.1) is 19.8 Å². The van der Waals surface area contributed by atoms with E-state index < -0.39 is 5.92 Å². The topological polar surface area (TPSA) is 46.6 Å². The number of rotatable bonds is 6. The molecule has 4 nitrogen and oxygen atoms in total. The van der Waals surface area contributed by atoms with E-state index in [2.05, 4.69) is 0 Å². The zero-order valence-electron chi connectivity index (χ0n) is 15.6. The van der Waals surface area contributed by atoms with Gasteiger partial charge in [-0.05, 0) is 48.7 Å². The lowest BCUT2D eigenvalue weighted by Crippen LogP contribution is -2.37. The molecule has 0 aromatic heterocycles. The van der Waals surface area contributed by atoms with Gasteiger partial charge in [0.25, 0.3) is 5.91 Å². The first-order valence-corrected chi connectivity index (χ1v) is 8.89. The lowest BCUT2D eigenvalue weighted by Gasteiger charge is -2.26. The van der Waals surface area contributed by atoms with Crippen LogP contribution in [0.4, 0.5) is 0 Å². The summed E-state index contributed by atoms with van der Waals surface area (Å²) < 4.78 is 4.80. The number of halogens is 1. The van der Waals surface area contributed by atoms with Gasteiger partial charge in [-0.3, -0.25) is 9.59 Å². The van der Waals surface area contributed by atoms with Crippen LogP contribution in [0.5, 0.6) is 0 Å². The van der Waals surface area contributed by atoms with Crippen LogP contribution in [0.1, 0.15) is 34.0 Å². The Morgan fingerprint density at radius 1 is 1.12 bits per heavy atom. The summed E-state index contributed by atoms with van der Waals surface area (Å²) in [4.78, 5) is 26.6. The van der Waals surface area contributed by atoms with Gasteiger partial charge in [0.05, 0.1) is 13.0 Å². The lowest BCUT2D eigenvalue weighted by atomic mass is 10.0. The Hall–Kier alpha value is -2.33. The highest BCUT2D eigenvalue weighted by atomic mass is 35.5. The van der Waals surface area contributed by atoms with Gasteiger partial charge in [0.15, 0.2) is 0 Å². The molecule has 0 aliphatic heterocycles. The average molecular weight is 374 g/mol. The normalized spacial score (nSPS) is 11.7. The molecule has 138 valence electrons. The molecule has 26 heavy (non-hydrogen) atoms. The van der Waals surface area contributed by atoms with Crippen molar-refractivity contribution in [1.82, 2.24) is 4.90 Å². The van der Waals surface area contributed by atoms with Gasteiger partial charge in [0.1, 0.15) is 0 Å². The summed E-state index contributed by atoms with van der Waals surface area (Å²) in [6.45, 7) is 6.31. The van der Waals surface area contributed by atoms with Crippen LogP contribution in [0.3, 0.4) is 0 Å². The van der Waals surface area contributed by atoms with Crippen molar-refractivity contribution < 1.29 is 14.3 Å². The molecule has 1 atom stereocenters. The van der Waals surface area contributed by atoms with Gasteiger partial charge in [-0.15, -0.1) is 0 Å². The van der Waals surface area contributed by atoms with Gasteiger partial charge in [0.2, 0.25) is 0 Å². The number of aryl methyl sites for hydroxylation is 2. The van der Waals surface area contributed by atoms with E-state index in [4.69, 9.17) is 16.3 Å². The Morgan fingerprint density at radius 3 is 2.42 bits per heavy atom. The first kappa shape index (κ1) is 20.0.